The minimum absolute atomic E-state index is 0.00322. The van der Waals surface area contributed by atoms with Gasteiger partial charge in [-0.1, -0.05) is 24.3 Å². The molecule has 12 heteroatoms. The Hall–Kier alpha value is -2.86. The number of nitrogens with one attached hydrogen (secondary N) is 2. The molecule has 0 bridgehead atoms. The van der Waals surface area contributed by atoms with Crippen LogP contribution in [-0.2, 0) is 20.0 Å². The lowest BCUT2D eigenvalue weighted by molar-refractivity contribution is 0.589. The second-order valence-electron chi connectivity index (χ2n) is 7.99. The summed E-state index contributed by atoms with van der Waals surface area (Å²) in [5, 5.41) is 3.24. The number of nitrogens with zero attached hydrogens (tertiary/aromatic N) is 2. The monoisotopic (exact) mass is 538 g/mol. The summed E-state index contributed by atoms with van der Waals surface area (Å²) >= 11 is 6.34. The van der Waals surface area contributed by atoms with Crippen molar-refractivity contribution in [1.29, 1.82) is 0 Å². The van der Waals surface area contributed by atoms with Crippen LogP contribution in [0.4, 0.5) is 21.5 Å². The summed E-state index contributed by atoms with van der Waals surface area (Å²) < 4.78 is 69.6. The fourth-order valence-electron chi connectivity index (χ4n) is 3.75. The average molecular weight is 539 g/mol. The summed E-state index contributed by atoms with van der Waals surface area (Å²) in [5.41, 5.74) is 0.845. The highest BCUT2D eigenvalue weighted by Crippen LogP contribution is 2.37. The van der Waals surface area contributed by atoms with E-state index in [1.807, 2.05) is 4.90 Å². The van der Waals surface area contributed by atoms with Gasteiger partial charge in [0.15, 0.2) is 0 Å². The molecule has 0 aliphatic carbocycles. The molecule has 186 valence electrons. The second kappa shape index (κ2) is 10.0. The molecule has 1 aliphatic heterocycles. The summed E-state index contributed by atoms with van der Waals surface area (Å²) in [6.07, 6.45) is 0. The van der Waals surface area contributed by atoms with Crippen LogP contribution >= 0.6 is 11.8 Å². The summed E-state index contributed by atoms with van der Waals surface area (Å²) in [4.78, 5) is 1.73. The molecule has 3 aromatic carbocycles. The van der Waals surface area contributed by atoms with E-state index in [0.717, 1.165) is 25.2 Å². The van der Waals surface area contributed by atoms with E-state index < -0.39 is 25.9 Å². The summed E-state index contributed by atoms with van der Waals surface area (Å²) in [7, 11) is -8.49. The first-order valence-corrected chi connectivity index (χ1v) is 14.0. The number of rotatable bonds is 7. The summed E-state index contributed by atoms with van der Waals surface area (Å²) in [6.45, 7) is 4.40. The first kappa shape index (κ1) is 25.2. The zero-order chi connectivity index (χ0) is 25.2. The van der Waals surface area contributed by atoms with E-state index >= 15 is 0 Å². The van der Waals surface area contributed by atoms with Crippen molar-refractivity contribution in [1.82, 2.24) is 5.32 Å². The standard InChI is InChI=1S/C23H24ClFN4O4S2/c1-17-7-8-18(25)15-23(17)35(32,33)29(24)22-10-9-19(28-13-11-26-12-14-28)16-21(22)27-34(30,31)20-5-3-2-4-6-20/h2-10,15-16,26-27H,11-14H2,1H3. The van der Waals surface area contributed by atoms with Gasteiger partial charge in [0.05, 0.1) is 21.2 Å². The maximum absolute atomic E-state index is 13.9. The van der Waals surface area contributed by atoms with Gasteiger partial charge in [-0.2, -0.15) is 12.2 Å². The quantitative estimate of drug-likeness (QED) is 0.445. The van der Waals surface area contributed by atoms with Gasteiger partial charge < -0.3 is 10.2 Å². The van der Waals surface area contributed by atoms with Gasteiger partial charge >= 0.3 is 0 Å². The van der Waals surface area contributed by atoms with Crippen molar-refractivity contribution in [2.24, 2.45) is 0 Å². The largest absolute Gasteiger partial charge is 0.369 e. The third kappa shape index (κ3) is 5.37. The van der Waals surface area contributed by atoms with Crippen LogP contribution < -0.4 is 18.8 Å². The van der Waals surface area contributed by atoms with Crippen molar-refractivity contribution in [2.75, 3.05) is 39.6 Å². The molecule has 0 unspecified atom stereocenters. The maximum Gasteiger partial charge on any atom is 0.278 e. The van der Waals surface area contributed by atoms with Crippen molar-refractivity contribution in [3.63, 3.8) is 0 Å². The minimum Gasteiger partial charge on any atom is -0.369 e. The fraction of sp³-hybridized carbons (Fsp3) is 0.217. The van der Waals surface area contributed by atoms with Crippen LogP contribution in [0.3, 0.4) is 0 Å². The van der Waals surface area contributed by atoms with Crippen molar-refractivity contribution in [3.8, 4) is 0 Å². The lowest BCUT2D eigenvalue weighted by Crippen LogP contribution is -2.43. The van der Waals surface area contributed by atoms with Gasteiger partial charge in [-0.05, 0) is 55.0 Å². The molecule has 0 radical (unpaired) electrons. The third-order valence-corrected chi connectivity index (χ3v) is 9.31. The molecule has 0 saturated carbocycles. The Morgan fingerprint density at radius 3 is 2.34 bits per heavy atom. The lowest BCUT2D eigenvalue weighted by Gasteiger charge is -2.30. The van der Waals surface area contributed by atoms with Crippen LogP contribution in [-0.4, -0.2) is 43.0 Å². The molecular formula is C23H24ClFN4O4S2. The molecule has 8 nitrogen and oxygen atoms in total. The van der Waals surface area contributed by atoms with Crippen molar-refractivity contribution in [3.05, 3.63) is 78.1 Å². The number of sulfonamides is 2. The van der Waals surface area contributed by atoms with Gasteiger partial charge in [-0.3, -0.25) is 4.72 Å². The van der Waals surface area contributed by atoms with Gasteiger partial charge in [0, 0.05) is 43.6 Å². The van der Waals surface area contributed by atoms with Gasteiger partial charge in [0.25, 0.3) is 20.0 Å². The Kier molecular flexibility index (Phi) is 7.22. The van der Waals surface area contributed by atoms with Gasteiger partial charge in [0.1, 0.15) is 5.82 Å². The first-order chi connectivity index (χ1) is 16.6. The van der Waals surface area contributed by atoms with Crippen LogP contribution in [0.15, 0.2) is 76.5 Å². The third-order valence-electron chi connectivity index (χ3n) is 5.59. The van der Waals surface area contributed by atoms with E-state index in [0.29, 0.717) is 28.2 Å². The highest BCUT2D eigenvalue weighted by Gasteiger charge is 2.29. The highest BCUT2D eigenvalue weighted by molar-refractivity contribution is 7.94. The SMILES string of the molecule is Cc1ccc(F)cc1S(=O)(=O)N(Cl)c1ccc(N2CCNCC2)cc1NS(=O)(=O)c1ccccc1. The summed E-state index contributed by atoms with van der Waals surface area (Å²) in [6, 6.07) is 15.7. The second-order valence-corrected chi connectivity index (χ2v) is 12.0. The number of hydrogen-bond acceptors (Lipinski definition) is 6. The fourth-order valence-corrected chi connectivity index (χ4v) is 6.53. The van der Waals surface area contributed by atoms with E-state index in [-0.39, 0.29) is 21.2 Å². The lowest BCUT2D eigenvalue weighted by atomic mass is 10.2. The van der Waals surface area contributed by atoms with E-state index in [2.05, 4.69) is 10.0 Å². The molecule has 1 saturated heterocycles. The Bertz CT molecular complexity index is 1430. The van der Waals surface area contributed by atoms with Crippen LogP contribution in [0, 0.1) is 12.7 Å². The number of halogens is 2. The number of piperazine rings is 1. The van der Waals surface area contributed by atoms with Crippen molar-refractivity contribution < 1.29 is 21.2 Å². The van der Waals surface area contributed by atoms with Crippen molar-refractivity contribution in [2.45, 2.75) is 16.7 Å². The van der Waals surface area contributed by atoms with Crippen LogP contribution in [0.2, 0.25) is 0 Å². The van der Waals surface area contributed by atoms with Gasteiger partial charge in [-0.25, -0.2) is 12.8 Å². The van der Waals surface area contributed by atoms with E-state index in [1.54, 1.807) is 30.3 Å². The number of hydrogen-bond donors (Lipinski definition) is 2. The smallest absolute Gasteiger partial charge is 0.278 e. The molecule has 1 heterocycles. The van der Waals surface area contributed by atoms with Crippen LogP contribution in [0.5, 0.6) is 0 Å². The predicted molar refractivity (Wildman–Crippen MR) is 135 cm³/mol. The maximum atomic E-state index is 13.9. The van der Waals surface area contributed by atoms with Crippen LogP contribution in [0.25, 0.3) is 0 Å². The summed E-state index contributed by atoms with van der Waals surface area (Å²) in [5.74, 6) is -0.738. The highest BCUT2D eigenvalue weighted by atomic mass is 35.5. The molecular weight excluding hydrogens is 515 g/mol. The Morgan fingerprint density at radius 1 is 0.971 bits per heavy atom. The molecule has 3 aromatic rings. The molecule has 35 heavy (non-hydrogen) atoms. The first-order valence-electron chi connectivity index (χ1n) is 10.7. The zero-order valence-corrected chi connectivity index (χ0v) is 21.2. The van der Waals surface area contributed by atoms with E-state index in [1.165, 1.54) is 31.2 Å². The number of aryl methyl sites for hydroxylation is 1. The molecule has 0 spiro atoms. The van der Waals surface area contributed by atoms with E-state index in [4.69, 9.17) is 11.8 Å². The predicted octanol–water partition coefficient (Wildman–Crippen LogP) is 3.69. The normalized spacial score (nSPS) is 14.5. The number of anilines is 3. The molecule has 1 fully saturated rings. The van der Waals surface area contributed by atoms with Gasteiger partial charge in [-0.15, -0.1) is 0 Å². The Labute approximate surface area is 209 Å². The molecule has 4 rings (SSSR count). The molecule has 0 aromatic heterocycles. The minimum atomic E-state index is -4.43. The zero-order valence-electron chi connectivity index (χ0n) is 18.8. The molecule has 0 amide bonds. The average Bonchev–Trinajstić information content (AvgIpc) is 2.86. The molecule has 1 aliphatic rings. The Balaban J connectivity index is 1.80. The molecule has 0 atom stereocenters. The topological polar surface area (TPSA) is 98.8 Å². The van der Waals surface area contributed by atoms with Gasteiger partial charge in [0.2, 0.25) is 0 Å². The van der Waals surface area contributed by atoms with Crippen LogP contribution in [0.1, 0.15) is 5.56 Å². The van der Waals surface area contributed by atoms with E-state index in [9.17, 15) is 21.2 Å². The number of benzene rings is 3. The molecule has 2 N–H and O–H groups in total. The van der Waals surface area contributed by atoms with Crippen molar-refractivity contribution >= 4 is 48.9 Å². The Morgan fingerprint density at radius 2 is 1.66 bits per heavy atom.